The first-order valence-electron chi connectivity index (χ1n) is 6.10. The Hall–Kier alpha value is -1.88. The van der Waals surface area contributed by atoms with E-state index in [1.165, 1.54) is 0 Å². The molecule has 1 N–H and O–H groups in total. The third-order valence-corrected chi connectivity index (χ3v) is 2.87. The van der Waals surface area contributed by atoms with Gasteiger partial charge in [-0.1, -0.05) is 6.07 Å². The Morgan fingerprint density at radius 2 is 2.17 bits per heavy atom. The molecule has 0 aliphatic rings. The van der Waals surface area contributed by atoms with Crippen molar-refractivity contribution in [1.82, 2.24) is 19.4 Å². The van der Waals surface area contributed by atoms with Crippen LogP contribution in [0.5, 0.6) is 0 Å². The Bertz CT molecular complexity index is 544. The molecule has 0 aliphatic heterocycles. The lowest BCUT2D eigenvalue weighted by Gasteiger charge is -2.07. The summed E-state index contributed by atoms with van der Waals surface area (Å²) in [5.74, 6) is 1.07. The summed E-state index contributed by atoms with van der Waals surface area (Å²) in [7, 11) is 1.99. The molecule has 18 heavy (non-hydrogen) atoms. The number of aromatic nitrogens is 3. The zero-order valence-corrected chi connectivity index (χ0v) is 10.5. The highest BCUT2D eigenvalue weighted by atomic mass is 16.1. The van der Waals surface area contributed by atoms with Gasteiger partial charge in [-0.15, -0.1) is 0 Å². The summed E-state index contributed by atoms with van der Waals surface area (Å²) in [5.41, 5.74) is 0.0448. The van der Waals surface area contributed by atoms with E-state index in [4.69, 9.17) is 0 Å². The van der Waals surface area contributed by atoms with Gasteiger partial charge < -0.3 is 14.5 Å². The number of nitrogens with one attached hydrogen (secondary N) is 1. The molecule has 0 saturated heterocycles. The third kappa shape index (κ3) is 3.30. The molecule has 0 unspecified atom stereocenters. The van der Waals surface area contributed by atoms with Gasteiger partial charge in [-0.2, -0.15) is 0 Å². The van der Waals surface area contributed by atoms with Crippen LogP contribution >= 0.6 is 0 Å². The minimum Gasteiger partial charge on any atom is -0.338 e. The van der Waals surface area contributed by atoms with Crippen LogP contribution < -0.4 is 10.9 Å². The van der Waals surface area contributed by atoms with Crippen molar-refractivity contribution >= 4 is 0 Å². The molecule has 0 aliphatic carbocycles. The van der Waals surface area contributed by atoms with E-state index in [0.717, 1.165) is 25.3 Å². The molecule has 0 aromatic carbocycles. The quantitative estimate of drug-likeness (QED) is 0.751. The zero-order valence-electron chi connectivity index (χ0n) is 10.5. The fraction of sp³-hybridized carbons (Fsp3) is 0.385. The average Bonchev–Trinajstić information content (AvgIpc) is 2.77. The molecule has 96 valence electrons. The van der Waals surface area contributed by atoms with Crippen LogP contribution in [0.4, 0.5) is 0 Å². The van der Waals surface area contributed by atoms with E-state index in [1.54, 1.807) is 22.9 Å². The van der Waals surface area contributed by atoms with Crippen LogP contribution in [0.15, 0.2) is 41.6 Å². The van der Waals surface area contributed by atoms with Crippen molar-refractivity contribution in [2.75, 3.05) is 13.1 Å². The predicted octanol–water partition coefficient (Wildman–Crippen LogP) is 0.414. The summed E-state index contributed by atoms with van der Waals surface area (Å²) in [6.45, 7) is 2.35. The van der Waals surface area contributed by atoms with Crippen molar-refractivity contribution in [3.05, 3.63) is 53.0 Å². The third-order valence-electron chi connectivity index (χ3n) is 2.87. The summed E-state index contributed by atoms with van der Waals surface area (Å²) in [5, 5.41) is 3.31. The molecule has 0 bridgehead atoms. The van der Waals surface area contributed by atoms with Crippen LogP contribution in [0.2, 0.25) is 0 Å². The molecule has 0 saturated carbocycles. The zero-order chi connectivity index (χ0) is 12.8. The van der Waals surface area contributed by atoms with Crippen molar-refractivity contribution in [2.45, 2.75) is 13.0 Å². The second-order valence-corrected chi connectivity index (χ2v) is 4.19. The smallest absolute Gasteiger partial charge is 0.250 e. The lowest BCUT2D eigenvalue weighted by atomic mass is 10.4. The highest BCUT2D eigenvalue weighted by Crippen LogP contribution is 1.93. The highest BCUT2D eigenvalue weighted by Gasteiger charge is 1.98. The van der Waals surface area contributed by atoms with Crippen LogP contribution in [-0.4, -0.2) is 27.2 Å². The van der Waals surface area contributed by atoms with Crippen LogP contribution in [0, 0.1) is 0 Å². The molecule has 0 radical (unpaired) electrons. The number of hydrogen-bond acceptors (Lipinski definition) is 3. The van der Waals surface area contributed by atoms with Gasteiger partial charge in [-0.25, -0.2) is 4.98 Å². The summed E-state index contributed by atoms with van der Waals surface area (Å²) in [4.78, 5) is 15.7. The first-order chi connectivity index (χ1) is 8.77. The van der Waals surface area contributed by atoms with Crippen LogP contribution in [0.1, 0.15) is 5.82 Å². The van der Waals surface area contributed by atoms with Gasteiger partial charge in [-0.05, 0) is 6.07 Å². The molecule has 2 aromatic heterocycles. The predicted molar refractivity (Wildman–Crippen MR) is 70.5 cm³/mol. The first-order valence-corrected chi connectivity index (χ1v) is 6.10. The fourth-order valence-electron chi connectivity index (χ4n) is 1.81. The molecule has 5 nitrogen and oxygen atoms in total. The molecule has 0 amide bonds. The maximum absolute atomic E-state index is 11.4. The lowest BCUT2D eigenvalue weighted by molar-refractivity contribution is 0.578. The van der Waals surface area contributed by atoms with Crippen molar-refractivity contribution in [1.29, 1.82) is 0 Å². The van der Waals surface area contributed by atoms with Crippen LogP contribution in [-0.2, 0) is 20.0 Å². The van der Waals surface area contributed by atoms with Crippen molar-refractivity contribution < 1.29 is 0 Å². The molecule has 5 heteroatoms. The monoisotopic (exact) mass is 246 g/mol. The summed E-state index contributed by atoms with van der Waals surface area (Å²) in [6, 6.07) is 5.20. The first kappa shape index (κ1) is 12.6. The molecule has 2 aromatic rings. The molecule has 2 rings (SSSR count). The Morgan fingerprint density at radius 1 is 1.28 bits per heavy atom. The maximum Gasteiger partial charge on any atom is 0.250 e. The van der Waals surface area contributed by atoms with E-state index in [2.05, 4.69) is 10.3 Å². The number of imidazole rings is 1. The van der Waals surface area contributed by atoms with Crippen molar-refractivity contribution in [3.8, 4) is 0 Å². The minimum atomic E-state index is 0.0448. The number of nitrogens with zero attached hydrogens (tertiary/aromatic N) is 3. The number of rotatable bonds is 6. The van der Waals surface area contributed by atoms with Gasteiger partial charge in [0, 0.05) is 57.8 Å². The Balaban J connectivity index is 1.69. The highest BCUT2D eigenvalue weighted by molar-refractivity contribution is 4.93. The topological polar surface area (TPSA) is 51.9 Å². The number of aryl methyl sites for hydroxylation is 1. The minimum absolute atomic E-state index is 0.0448. The van der Waals surface area contributed by atoms with E-state index in [9.17, 15) is 4.79 Å². The van der Waals surface area contributed by atoms with Crippen molar-refractivity contribution in [2.24, 2.45) is 7.05 Å². The van der Waals surface area contributed by atoms with Gasteiger partial charge in [-0.3, -0.25) is 4.79 Å². The average molecular weight is 246 g/mol. The maximum atomic E-state index is 11.4. The normalized spacial score (nSPS) is 10.7. The SMILES string of the molecule is Cn1ccnc1CCNCCn1ccccc1=O. The number of hydrogen-bond donors (Lipinski definition) is 1. The fourth-order valence-corrected chi connectivity index (χ4v) is 1.81. The van der Waals surface area contributed by atoms with E-state index in [1.807, 2.05) is 30.1 Å². The van der Waals surface area contributed by atoms with Gasteiger partial charge >= 0.3 is 0 Å². The lowest BCUT2D eigenvalue weighted by Crippen LogP contribution is -2.27. The van der Waals surface area contributed by atoms with Crippen LogP contribution in [0.25, 0.3) is 0 Å². The van der Waals surface area contributed by atoms with E-state index >= 15 is 0 Å². The van der Waals surface area contributed by atoms with Gasteiger partial charge in [0.25, 0.3) is 5.56 Å². The van der Waals surface area contributed by atoms with Crippen LogP contribution in [0.3, 0.4) is 0 Å². The largest absolute Gasteiger partial charge is 0.338 e. The van der Waals surface area contributed by atoms with Gasteiger partial charge in [0.1, 0.15) is 5.82 Å². The molecular formula is C13H18N4O. The second kappa shape index (κ2) is 6.16. The Morgan fingerprint density at radius 3 is 2.89 bits per heavy atom. The van der Waals surface area contributed by atoms with Gasteiger partial charge in [0.15, 0.2) is 0 Å². The van der Waals surface area contributed by atoms with E-state index in [-0.39, 0.29) is 5.56 Å². The van der Waals surface area contributed by atoms with E-state index < -0.39 is 0 Å². The van der Waals surface area contributed by atoms with E-state index in [0.29, 0.717) is 6.54 Å². The Labute approximate surface area is 106 Å². The summed E-state index contributed by atoms with van der Waals surface area (Å²) in [6.07, 6.45) is 6.45. The van der Waals surface area contributed by atoms with Gasteiger partial charge in [0.05, 0.1) is 0 Å². The molecule has 0 fully saturated rings. The second-order valence-electron chi connectivity index (χ2n) is 4.19. The summed E-state index contributed by atoms with van der Waals surface area (Å²) < 4.78 is 3.72. The molecule has 0 spiro atoms. The molecular weight excluding hydrogens is 228 g/mol. The molecule has 2 heterocycles. The summed E-state index contributed by atoms with van der Waals surface area (Å²) >= 11 is 0. The number of pyridine rings is 1. The molecule has 0 atom stereocenters. The standard InChI is InChI=1S/C13H18N4O/c1-16-10-8-15-12(16)5-6-14-7-11-17-9-3-2-4-13(17)18/h2-4,8-10,14H,5-7,11H2,1H3. The Kier molecular flexibility index (Phi) is 4.30. The van der Waals surface area contributed by atoms with Crippen molar-refractivity contribution in [3.63, 3.8) is 0 Å². The van der Waals surface area contributed by atoms with Gasteiger partial charge in [0.2, 0.25) is 0 Å².